The fraction of sp³-hybridized carbons (Fsp3) is 0.235. The van der Waals surface area contributed by atoms with Crippen LogP contribution in [0, 0.1) is 0 Å². The summed E-state index contributed by atoms with van der Waals surface area (Å²) in [6, 6.07) is 18.3. The fourth-order valence-electron chi connectivity index (χ4n) is 2.84. The first-order valence-corrected chi connectivity index (χ1v) is 6.88. The van der Waals surface area contributed by atoms with Gasteiger partial charge in [0.05, 0.1) is 6.04 Å². The van der Waals surface area contributed by atoms with Crippen LogP contribution in [0.1, 0.15) is 16.7 Å². The fourth-order valence-corrected chi connectivity index (χ4v) is 2.84. The predicted octanol–water partition coefficient (Wildman–Crippen LogP) is 2.10. The SMILES string of the molecule is NC(=O)[C@@H]1Cc2ccccc2CN1Cc1ccccc1. The summed E-state index contributed by atoms with van der Waals surface area (Å²) < 4.78 is 0. The Morgan fingerprint density at radius 3 is 2.40 bits per heavy atom. The molecular weight excluding hydrogens is 248 g/mol. The van der Waals surface area contributed by atoms with E-state index in [-0.39, 0.29) is 11.9 Å². The highest BCUT2D eigenvalue weighted by atomic mass is 16.1. The Bertz CT molecular complexity index is 609. The highest BCUT2D eigenvalue weighted by Crippen LogP contribution is 2.24. The number of nitrogens with zero attached hydrogens (tertiary/aromatic N) is 1. The molecule has 2 aromatic carbocycles. The predicted molar refractivity (Wildman–Crippen MR) is 78.8 cm³/mol. The van der Waals surface area contributed by atoms with Gasteiger partial charge in [0.25, 0.3) is 0 Å². The second-order valence-electron chi connectivity index (χ2n) is 5.28. The smallest absolute Gasteiger partial charge is 0.235 e. The number of amides is 1. The Hall–Kier alpha value is -2.13. The minimum atomic E-state index is -0.240. The molecular formula is C17H18N2O. The molecule has 0 aliphatic carbocycles. The Kier molecular flexibility index (Phi) is 3.52. The molecule has 0 saturated carbocycles. The van der Waals surface area contributed by atoms with Crippen LogP contribution in [0.25, 0.3) is 0 Å². The Balaban J connectivity index is 1.87. The number of hydrogen-bond donors (Lipinski definition) is 1. The van der Waals surface area contributed by atoms with E-state index >= 15 is 0 Å². The molecule has 1 amide bonds. The van der Waals surface area contributed by atoms with Gasteiger partial charge in [-0.15, -0.1) is 0 Å². The van der Waals surface area contributed by atoms with Gasteiger partial charge in [-0.3, -0.25) is 9.69 Å². The van der Waals surface area contributed by atoms with E-state index in [0.717, 1.165) is 13.1 Å². The van der Waals surface area contributed by atoms with E-state index in [0.29, 0.717) is 6.42 Å². The number of carbonyl (C=O) groups excluding carboxylic acids is 1. The van der Waals surface area contributed by atoms with E-state index in [4.69, 9.17) is 5.73 Å². The number of hydrogen-bond acceptors (Lipinski definition) is 2. The lowest BCUT2D eigenvalue weighted by molar-refractivity contribution is -0.124. The summed E-state index contributed by atoms with van der Waals surface area (Å²) in [7, 11) is 0. The van der Waals surface area contributed by atoms with Crippen LogP contribution in [-0.2, 0) is 24.3 Å². The van der Waals surface area contributed by atoms with Crippen molar-refractivity contribution in [2.24, 2.45) is 5.73 Å². The zero-order valence-corrected chi connectivity index (χ0v) is 11.3. The molecule has 1 heterocycles. The number of benzene rings is 2. The van der Waals surface area contributed by atoms with Crippen molar-refractivity contribution in [3.05, 3.63) is 71.3 Å². The monoisotopic (exact) mass is 266 g/mol. The van der Waals surface area contributed by atoms with Crippen LogP contribution in [0.3, 0.4) is 0 Å². The van der Waals surface area contributed by atoms with Gasteiger partial charge in [0.2, 0.25) is 5.91 Å². The maximum absolute atomic E-state index is 11.7. The van der Waals surface area contributed by atoms with E-state index in [1.165, 1.54) is 16.7 Å². The highest BCUT2D eigenvalue weighted by molar-refractivity contribution is 5.80. The lowest BCUT2D eigenvalue weighted by atomic mass is 9.93. The molecule has 20 heavy (non-hydrogen) atoms. The van der Waals surface area contributed by atoms with Gasteiger partial charge in [-0.2, -0.15) is 0 Å². The van der Waals surface area contributed by atoms with Crippen molar-refractivity contribution < 1.29 is 4.79 Å². The summed E-state index contributed by atoms with van der Waals surface area (Å²) in [5.74, 6) is -0.240. The van der Waals surface area contributed by atoms with E-state index in [9.17, 15) is 4.79 Å². The normalized spacial score (nSPS) is 18.5. The average Bonchev–Trinajstić information content (AvgIpc) is 2.47. The standard InChI is InChI=1S/C17H18N2O/c18-17(20)16-10-14-8-4-5-9-15(14)12-19(16)11-13-6-2-1-3-7-13/h1-9,16H,10-12H2,(H2,18,20)/t16-/m0/s1. The summed E-state index contributed by atoms with van der Waals surface area (Å²) in [5.41, 5.74) is 9.32. The van der Waals surface area contributed by atoms with Crippen molar-refractivity contribution in [3.8, 4) is 0 Å². The molecule has 0 bridgehead atoms. The molecule has 3 rings (SSSR count). The first-order chi connectivity index (χ1) is 9.74. The topological polar surface area (TPSA) is 46.3 Å². The molecule has 1 atom stereocenters. The molecule has 2 aromatic rings. The summed E-state index contributed by atoms with van der Waals surface area (Å²) in [6.45, 7) is 1.53. The highest BCUT2D eigenvalue weighted by Gasteiger charge is 2.29. The van der Waals surface area contributed by atoms with Crippen molar-refractivity contribution >= 4 is 5.91 Å². The van der Waals surface area contributed by atoms with Crippen molar-refractivity contribution in [3.63, 3.8) is 0 Å². The first-order valence-electron chi connectivity index (χ1n) is 6.88. The maximum Gasteiger partial charge on any atom is 0.235 e. The molecule has 0 saturated heterocycles. The third kappa shape index (κ3) is 2.58. The van der Waals surface area contributed by atoms with Gasteiger partial charge in [0.1, 0.15) is 0 Å². The Morgan fingerprint density at radius 1 is 1.05 bits per heavy atom. The van der Waals surface area contributed by atoms with Gasteiger partial charge < -0.3 is 5.73 Å². The van der Waals surface area contributed by atoms with Gasteiger partial charge in [-0.1, -0.05) is 54.6 Å². The molecule has 0 unspecified atom stereocenters. The van der Waals surface area contributed by atoms with E-state index in [2.05, 4.69) is 29.2 Å². The molecule has 0 aromatic heterocycles. The van der Waals surface area contributed by atoms with Crippen molar-refractivity contribution in [2.75, 3.05) is 0 Å². The zero-order valence-electron chi connectivity index (χ0n) is 11.3. The minimum absolute atomic E-state index is 0.217. The minimum Gasteiger partial charge on any atom is -0.368 e. The molecule has 0 fully saturated rings. The molecule has 1 aliphatic heterocycles. The second kappa shape index (κ2) is 5.47. The average molecular weight is 266 g/mol. The lowest BCUT2D eigenvalue weighted by Crippen LogP contribution is -2.48. The summed E-state index contributed by atoms with van der Waals surface area (Å²) in [4.78, 5) is 13.9. The summed E-state index contributed by atoms with van der Waals surface area (Å²) >= 11 is 0. The molecule has 0 radical (unpaired) electrons. The molecule has 1 aliphatic rings. The zero-order chi connectivity index (χ0) is 13.9. The van der Waals surface area contributed by atoms with Crippen LogP contribution in [0.5, 0.6) is 0 Å². The third-order valence-electron chi connectivity index (χ3n) is 3.90. The lowest BCUT2D eigenvalue weighted by Gasteiger charge is -2.35. The molecule has 3 heteroatoms. The Morgan fingerprint density at radius 2 is 1.70 bits per heavy atom. The second-order valence-corrected chi connectivity index (χ2v) is 5.28. The Labute approximate surface area is 119 Å². The van der Waals surface area contributed by atoms with E-state index in [1.807, 2.05) is 30.3 Å². The van der Waals surface area contributed by atoms with Crippen LogP contribution in [0.2, 0.25) is 0 Å². The van der Waals surface area contributed by atoms with E-state index in [1.54, 1.807) is 0 Å². The molecule has 102 valence electrons. The number of nitrogens with two attached hydrogens (primary N) is 1. The van der Waals surface area contributed by atoms with Crippen LogP contribution >= 0.6 is 0 Å². The largest absolute Gasteiger partial charge is 0.368 e. The summed E-state index contributed by atoms with van der Waals surface area (Å²) in [6.07, 6.45) is 0.707. The van der Waals surface area contributed by atoms with Crippen LogP contribution < -0.4 is 5.73 Å². The van der Waals surface area contributed by atoms with Gasteiger partial charge in [-0.25, -0.2) is 0 Å². The number of rotatable bonds is 3. The molecule has 3 nitrogen and oxygen atoms in total. The third-order valence-corrected chi connectivity index (χ3v) is 3.90. The van der Waals surface area contributed by atoms with Crippen LogP contribution in [-0.4, -0.2) is 16.8 Å². The quantitative estimate of drug-likeness (QED) is 0.924. The van der Waals surface area contributed by atoms with Crippen molar-refractivity contribution in [1.82, 2.24) is 4.90 Å². The number of primary amides is 1. The van der Waals surface area contributed by atoms with Gasteiger partial charge in [0.15, 0.2) is 0 Å². The van der Waals surface area contributed by atoms with Gasteiger partial charge >= 0.3 is 0 Å². The van der Waals surface area contributed by atoms with Crippen LogP contribution in [0.4, 0.5) is 0 Å². The maximum atomic E-state index is 11.7. The van der Waals surface area contributed by atoms with Gasteiger partial charge in [0, 0.05) is 13.1 Å². The molecule has 0 spiro atoms. The first kappa shape index (κ1) is 12.9. The summed E-state index contributed by atoms with van der Waals surface area (Å²) in [5, 5.41) is 0. The van der Waals surface area contributed by atoms with Crippen LogP contribution in [0.15, 0.2) is 54.6 Å². The van der Waals surface area contributed by atoms with Crippen molar-refractivity contribution in [2.45, 2.75) is 25.6 Å². The van der Waals surface area contributed by atoms with Crippen molar-refractivity contribution in [1.29, 1.82) is 0 Å². The van der Waals surface area contributed by atoms with E-state index < -0.39 is 0 Å². The van der Waals surface area contributed by atoms with Gasteiger partial charge in [-0.05, 0) is 23.1 Å². The number of carbonyl (C=O) groups is 1. The number of fused-ring (bicyclic) bond motifs is 1. The molecule has 2 N–H and O–H groups in total.